The summed E-state index contributed by atoms with van der Waals surface area (Å²) in [5.41, 5.74) is 6.43. The zero-order chi connectivity index (χ0) is 30.3. The smallest absolute Gasteiger partial charge is 0.268 e. The first-order valence-electron chi connectivity index (χ1n) is 14.3. The normalized spacial score (nSPS) is 18.5. The minimum absolute atomic E-state index is 0.0250. The minimum Gasteiger partial charge on any atom is -0.497 e. The number of sulfonamides is 1. The van der Waals surface area contributed by atoms with Crippen LogP contribution in [0.15, 0.2) is 70.4 Å². The molecule has 1 fully saturated rings. The largest absolute Gasteiger partial charge is 0.497 e. The Labute approximate surface area is 261 Å². The molecule has 0 N–H and O–H groups in total. The van der Waals surface area contributed by atoms with Gasteiger partial charge in [-0.25, -0.2) is 22.1 Å². The van der Waals surface area contributed by atoms with Gasteiger partial charge in [-0.2, -0.15) is 0 Å². The molecular formula is C32H34ClFN4O3S2. The van der Waals surface area contributed by atoms with Crippen LogP contribution in [0.4, 0.5) is 15.9 Å². The fraction of sp³-hybridized carbons (Fsp3) is 0.344. The molecule has 43 heavy (non-hydrogen) atoms. The summed E-state index contributed by atoms with van der Waals surface area (Å²) >= 11 is 7.99. The molecule has 1 aliphatic heterocycles. The van der Waals surface area contributed by atoms with E-state index in [1.165, 1.54) is 34.6 Å². The van der Waals surface area contributed by atoms with Crippen LogP contribution in [0.5, 0.6) is 5.75 Å². The Bertz CT molecular complexity index is 1730. The Kier molecular flexibility index (Phi) is 8.39. The molecule has 226 valence electrons. The summed E-state index contributed by atoms with van der Waals surface area (Å²) in [5.74, 6) is 0.0364. The molecule has 4 aromatic rings. The Balaban J connectivity index is 1.25. The van der Waals surface area contributed by atoms with E-state index in [1.807, 2.05) is 24.9 Å². The highest BCUT2D eigenvalue weighted by atomic mass is 35.5. The highest BCUT2D eigenvalue weighted by Crippen LogP contribution is 2.40. The molecule has 0 spiro atoms. The number of rotatable bonds is 9. The molecule has 0 amide bonds. The van der Waals surface area contributed by atoms with E-state index in [1.54, 1.807) is 30.1 Å². The Morgan fingerprint density at radius 1 is 1.16 bits per heavy atom. The van der Waals surface area contributed by atoms with Crippen molar-refractivity contribution in [3.63, 3.8) is 0 Å². The second-order valence-corrected chi connectivity index (χ2v) is 14.1. The summed E-state index contributed by atoms with van der Waals surface area (Å²) in [6.45, 7) is 3.62. The van der Waals surface area contributed by atoms with Crippen molar-refractivity contribution < 1.29 is 17.5 Å². The van der Waals surface area contributed by atoms with E-state index in [2.05, 4.69) is 34.1 Å². The maximum Gasteiger partial charge on any atom is 0.268 e. The number of ether oxygens (including phenoxy) is 1. The molecule has 0 saturated carbocycles. The lowest BCUT2D eigenvalue weighted by Gasteiger charge is -2.30. The molecule has 2 heterocycles. The Morgan fingerprint density at radius 2 is 1.98 bits per heavy atom. The van der Waals surface area contributed by atoms with E-state index in [4.69, 9.17) is 16.3 Å². The standard InChI is InChI=1S/C32H34ClFN4O3S2/c1-21-14-25(41-3)10-8-23(21)17-38(32-19-42-20-35-32)43(39,40)31-15-27(33)30(16-28(31)34)36(2)24-12-13-37(18-24)29-11-9-22-6-4-5-7-26(22)29/h4-8,10,14-16,19-20,24,29H,9,11-13,17-18H2,1-3H3/t24-,29+/m0/s1. The molecular weight excluding hydrogens is 607 g/mol. The molecule has 11 heteroatoms. The van der Waals surface area contributed by atoms with Crippen molar-refractivity contribution in [2.45, 2.75) is 49.7 Å². The van der Waals surface area contributed by atoms with Gasteiger partial charge in [-0.05, 0) is 66.6 Å². The van der Waals surface area contributed by atoms with Gasteiger partial charge in [0.1, 0.15) is 16.5 Å². The van der Waals surface area contributed by atoms with Crippen molar-refractivity contribution >= 4 is 44.5 Å². The van der Waals surface area contributed by atoms with E-state index in [0.29, 0.717) is 17.5 Å². The number of methoxy groups -OCH3 is 1. The monoisotopic (exact) mass is 640 g/mol. The number of halogens is 2. The zero-order valence-electron chi connectivity index (χ0n) is 24.3. The van der Waals surface area contributed by atoms with Crippen LogP contribution in [0.25, 0.3) is 0 Å². The highest BCUT2D eigenvalue weighted by molar-refractivity contribution is 7.92. The molecule has 1 saturated heterocycles. The number of likely N-dealkylation sites (N-methyl/N-ethyl adjacent to an activating group) is 1. The van der Waals surface area contributed by atoms with Gasteiger partial charge in [0, 0.05) is 43.7 Å². The number of hydrogen-bond donors (Lipinski definition) is 0. The third kappa shape index (κ3) is 5.73. The van der Waals surface area contributed by atoms with Gasteiger partial charge in [-0.1, -0.05) is 41.9 Å². The van der Waals surface area contributed by atoms with Crippen molar-refractivity contribution in [1.82, 2.24) is 9.88 Å². The summed E-state index contributed by atoms with van der Waals surface area (Å²) in [5, 5.41) is 1.82. The van der Waals surface area contributed by atoms with E-state index < -0.39 is 20.7 Å². The zero-order valence-corrected chi connectivity index (χ0v) is 26.7. The van der Waals surface area contributed by atoms with Crippen LogP contribution in [0.3, 0.4) is 0 Å². The lowest BCUT2D eigenvalue weighted by atomic mass is 10.1. The quantitative estimate of drug-likeness (QED) is 0.199. The van der Waals surface area contributed by atoms with Gasteiger partial charge in [-0.15, -0.1) is 11.3 Å². The molecule has 1 aromatic heterocycles. The molecule has 6 rings (SSSR count). The first-order valence-corrected chi connectivity index (χ1v) is 17.0. The third-order valence-corrected chi connectivity index (χ3v) is 11.4. The predicted octanol–water partition coefficient (Wildman–Crippen LogP) is 6.85. The second-order valence-electron chi connectivity index (χ2n) is 11.2. The number of fused-ring (bicyclic) bond motifs is 1. The summed E-state index contributed by atoms with van der Waals surface area (Å²) < 4.78 is 50.3. The first kappa shape index (κ1) is 29.9. The van der Waals surface area contributed by atoms with Crippen molar-refractivity contribution in [1.29, 1.82) is 0 Å². The number of hydrogen-bond acceptors (Lipinski definition) is 7. The van der Waals surface area contributed by atoms with Crippen LogP contribution < -0.4 is 13.9 Å². The van der Waals surface area contributed by atoms with Crippen LogP contribution in [-0.2, 0) is 23.0 Å². The van der Waals surface area contributed by atoms with Crippen molar-refractivity contribution in [2.24, 2.45) is 0 Å². The predicted molar refractivity (Wildman–Crippen MR) is 171 cm³/mol. The lowest BCUT2D eigenvalue weighted by molar-refractivity contribution is 0.242. The Morgan fingerprint density at radius 3 is 2.72 bits per heavy atom. The van der Waals surface area contributed by atoms with Crippen LogP contribution >= 0.6 is 22.9 Å². The number of likely N-dealkylation sites (tertiary alicyclic amines) is 1. The first-order chi connectivity index (χ1) is 20.7. The highest BCUT2D eigenvalue weighted by Gasteiger charge is 2.36. The molecule has 0 unspecified atom stereocenters. The molecule has 7 nitrogen and oxygen atoms in total. The van der Waals surface area contributed by atoms with Gasteiger partial charge in [0.05, 0.1) is 29.9 Å². The SMILES string of the molecule is COc1ccc(CN(c2cscn2)S(=O)(=O)c2cc(Cl)c(N(C)[C@H]3CCN([C@@H]4CCc5ccccc54)C3)cc2F)c(C)c1. The molecule has 2 aliphatic rings. The Hall–Kier alpha value is -3.18. The number of benzene rings is 3. The van der Waals surface area contributed by atoms with Crippen molar-refractivity contribution in [3.8, 4) is 5.75 Å². The van der Waals surface area contributed by atoms with E-state index in [9.17, 15) is 8.42 Å². The van der Waals surface area contributed by atoms with Crippen LogP contribution in [0, 0.1) is 12.7 Å². The van der Waals surface area contributed by atoms with Gasteiger partial charge in [0.2, 0.25) is 0 Å². The lowest BCUT2D eigenvalue weighted by Crippen LogP contribution is -2.36. The van der Waals surface area contributed by atoms with Gasteiger partial charge in [0.15, 0.2) is 5.82 Å². The molecule has 2 atom stereocenters. The second kappa shape index (κ2) is 12.1. The van der Waals surface area contributed by atoms with Gasteiger partial charge in [0.25, 0.3) is 10.0 Å². The minimum atomic E-state index is -4.36. The van der Waals surface area contributed by atoms with Crippen LogP contribution in [0.2, 0.25) is 5.02 Å². The summed E-state index contributed by atoms with van der Waals surface area (Å²) in [6.07, 6.45) is 3.09. The average molecular weight is 641 g/mol. The summed E-state index contributed by atoms with van der Waals surface area (Å²) in [4.78, 5) is 8.25. The number of aryl methyl sites for hydroxylation is 2. The number of thiazole rings is 1. The van der Waals surface area contributed by atoms with Gasteiger partial charge < -0.3 is 9.64 Å². The van der Waals surface area contributed by atoms with Gasteiger partial charge >= 0.3 is 0 Å². The summed E-state index contributed by atoms with van der Waals surface area (Å²) in [6, 6.07) is 17.0. The third-order valence-electron chi connectivity index (χ3n) is 8.77. The topological polar surface area (TPSA) is 66.0 Å². The van der Waals surface area contributed by atoms with Crippen molar-refractivity contribution in [2.75, 3.05) is 36.5 Å². The maximum absolute atomic E-state index is 15.8. The molecule has 0 radical (unpaired) electrons. The fourth-order valence-electron chi connectivity index (χ4n) is 6.33. The van der Waals surface area contributed by atoms with Gasteiger partial charge in [-0.3, -0.25) is 4.90 Å². The number of aromatic nitrogens is 1. The maximum atomic E-state index is 15.8. The van der Waals surface area contributed by atoms with E-state index in [-0.39, 0.29) is 23.4 Å². The van der Waals surface area contributed by atoms with Crippen LogP contribution in [0.1, 0.15) is 41.1 Å². The van der Waals surface area contributed by atoms with Crippen molar-refractivity contribution in [3.05, 3.63) is 98.6 Å². The number of nitrogens with zero attached hydrogens (tertiary/aromatic N) is 4. The summed E-state index contributed by atoms with van der Waals surface area (Å²) in [7, 11) is -0.880. The van der Waals surface area contributed by atoms with E-state index in [0.717, 1.165) is 47.8 Å². The van der Waals surface area contributed by atoms with E-state index >= 15 is 4.39 Å². The van der Waals surface area contributed by atoms with Crippen LogP contribution in [-0.4, -0.2) is 51.6 Å². The average Bonchev–Trinajstić information content (AvgIpc) is 3.78. The number of anilines is 2. The molecule has 0 bridgehead atoms. The molecule has 1 aliphatic carbocycles. The fourth-order valence-corrected chi connectivity index (χ4v) is 8.76. The molecule has 3 aromatic carbocycles.